The number of pyridine rings is 4. The normalized spacial score (nSPS) is 11.4. The SMILES string of the molecule is Clc1ccc2c(c1)nc(-c1ccccc1)c1ccn3c(-c4ccccc4)c(-c4ccccc4)nc3c12.c1ccc(-c2cc(-c3ccc(-c4ccc5c(c4)nc(-c4ccccc4)c4ccn6c(-c7ccccc7)c(-c7ccccc7)nc6c45)cc3)nc(-c3ccccc3)n2)cc1. The lowest BCUT2D eigenvalue weighted by molar-refractivity contribution is 1.18. The molecule has 9 heteroatoms. The van der Waals surface area contributed by atoms with E-state index in [0.717, 1.165) is 161 Å². The Labute approximate surface area is 553 Å². The standard InChI is InChI=1S/C54H35N5.C32H20ClN3/c1-6-16-37(17-7-1)46-35-47(57-53(56-46)42-24-14-5-15-25-42)38-28-26-36(27-29-38)43-30-31-44-48(34-43)55-50(39-18-8-2-9-19-39)45-32-33-59-52(41-22-12-4-13-23-41)51(58-54(59)49(44)45)40-20-10-3-11-21-40;33-24-16-17-25-27(20-24)34-29(21-10-4-1-5-11-21)26-18-19-36-31(23-14-8-3-9-15-23)30(35-32(36)28(25)26)22-12-6-2-7-13-22/h1-35H;1-20H. The number of rotatable bonds is 10. The summed E-state index contributed by atoms with van der Waals surface area (Å²) in [5, 5.41) is 7.02. The van der Waals surface area contributed by atoms with Gasteiger partial charge in [-0.2, -0.15) is 0 Å². The van der Waals surface area contributed by atoms with E-state index in [1.165, 1.54) is 0 Å². The first-order valence-electron chi connectivity index (χ1n) is 31.7. The molecule has 446 valence electrons. The molecule has 7 aromatic heterocycles. The molecule has 0 fully saturated rings. The van der Waals surface area contributed by atoms with Crippen LogP contribution < -0.4 is 0 Å². The van der Waals surface area contributed by atoms with E-state index in [1.54, 1.807) is 0 Å². The number of fused-ring (bicyclic) bond motifs is 10. The van der Waals surface area contributed by atoms with Gasteiger partial charge in [-0.25, -0.2) is 29.9 Å². The second-order valence-electron chi connectivity index (χ2n) is 23.5. The van der Waals surface area contributed by atoms with Gasteiger partial charge in [-0.15, -0.1) is 0 Å². The van der Waals surface area contributed by atoms with Crippen molar-refractivity contribution in [2.24, 2.45) is 0 Å². The Bertz CT molecular complexity index is 5800. The van der Waals surface area contributed by atoms with E-state index in [1.807, 2.05) is 91.0 Å². The number of benzene rings is 11. The van der Waals surface area contributed by atoms with Crippen molar-refractivity contribution in [2.75, 3.05) is 0 Å². The summed E-state index contributed by atoms with van der Waals surface area (Å²) >= 11 is 6.42. The van der Waals surface area contributed by atoms with Crippen LogP contribution in [0.15, 0.2) is 334 Å². The van der Waals surface area contributed by atoms with Crippen molar-refractivity contribution in [1.82, 2.24) is 38.7 Å². The summed E-state index contributed by atoms with van der Waals surface area (Å²) in [5.74, 6) is 0.700. The van der Waals surface area contributed by atoms with E-state index < -0.39 is 0 Å². The Kier molecular flexibility index (Phi) is 14.4. The third-order valence-electron chi connectivity index (χ3n) is 17.7. The maximum Gasteiger partial charge on any atom is 0.160 e. The third-order valence-corrected chi connectivity index (χ3v) is 17.9. The molecule has 8 nitrogen and oxygen atoms in total. The molecule has 0 bridgehead atoms. The summed E-state index contributed by atoms with van der Waals surface area (Å²) in [7, 11) is 0. The first kappa shape index (κ1) is 56.5. The Morgan fingerprint density at radius 1 is 0.232 bits per heavy atom. The summed E-state index contributed by atoms with van der Waals surface area (Å²) in [5.41, 5.74) is 22.9. The molecule has 0 saturated carbocycles. The molecule has 0 radical (unpaired) electrons. The highest BCUT2D eigenvalue weighted by molar-refractivity contribution is 6.32. The molecule has 0 aliphatic heterocycles. The number of imidazole rings is 2. The monoisotopic (exact) mass is 1230 g/mol. The van der Waals surface area contributed by atoms with Crippen LogP contribution in [0.3, 0.4) is 0 Å². The number of hydrogen-bond donors (Lipinski definition) is 0. The van der Waals surface area contributed by atoms with Crippen molar-refractivity contribution >= 4 is 66.2 Å². The molecule has 0 unspecified atom stereocenters. The van der Waals surface area contributed by atoms with Crippen molar-refractivity contribution in [3.8, 4) is 113 Å². The van der Waals surface area contributed by atoms with Crippen LogP contribution in [0, 0.1) is 0 Å². The molecular weight excluding hydrogens is 1180 g/mol. The molecule has 0 atom stereocenters. The molecule has 0 N–H and O–H groups in total. The van der Waals surface area contributed by atoms with E-state index in [9.17, 15) is 0 Å². The number of nitrogens with zero attached hydrogens (tertiary/aromatic N) is 8. The van der Waals surface area contributed by atoms with Crippen LogP contribution in [0.1, 0.15) is 0 Å². The van der Waals surface area contributed by atoms with Gasteiger partial charge in [0.2, 0.25) is 0 Å². The lowest BCUT2D eigenvalue weighted by atomic mass is 9.97. The first-order chi connectivity index (χ1) is 47.0. The fourth-order valence-corrected chi connectivity index (χ4v) is 13.4. The number of hydrogen-bond acceptors (Lipinski definition) is 6. The lowest BCUT2D eigenvalue weighted by Crippen LogP contribution is -1.96. The van der Waals surface area contributed by atoms with Gasteiger partial charge in [0.15, 0.2) is 5.82 Å². The fraction of sp³-hybridized carbons (Fsp3) is 0. The minimum Gasteiger partial charge on any atom is -0.298 e. The summed E-state index contributed by atoms with van der Waals surface area (Å²) in [6.45, 7) is 0. The first-order valence-corrected chi connectivity index (χ1v) is 32.1. The van der Waals surface area contributed by atoms with Gasteiger partial charge in [0.1, 0.15) is 11.3 Å². The van der Waals surface area contributed by atoms with E-state index >= 15 is 0 Å². The van der Waals surface area contributed by atoms with Crippen LogP contribution in [0.25, 0.3) is 167 Å². The summed E-state index contributed by atoms with van der Waals surface area (Å²) in [4.78, 5) is 31.3. The van der Waals surface area contributed by atoms with E-state index in [2.05, 4.69) is 252 Å². The molecule has 18 aromatic rings. The van der Waals surface area contributed by atoms with Gasteiger partial charge in [0.25, 0.3) is 0 Å². The van der Waals surface area contributed by atoms with Crippen LogP contribution in [0.2, 0.25) is 5.02 Å². The van der Waals surface area contributed by atoms with Crippen molar-refractivity contribution in [3.63, 3.8) is 0 Å². The van der Waals surface area contributed by atoms with Gasteiger partial charge in [0, 0.05) is 99.8 Å². The maximum atomic E-state index is 6.42. The maximum absolute atomic E-state index is 6.42. The van der Waals surface area contributed by atoms with Gasteiger partial charge in [-0.1, -0.05) is 297 Å². The molecule has 0 saturated heterocycles. The average Bonchev–Trinajstić information content (AvgIpc) is 1.67. The zero-order valence-electron chi connectivity index (χ0n) is 51.2. The third kappa shape index (κ3) is 10.5. The Balaban J connectivity index is 0.000000162. The van der Waals surface area contributed by atoms with Gasteiger partial charge in [-0.05, 0) is 47.5 Å². The second kappa shape index (κ2) is 24.3. The average molecular weight is 1240 g/mol. The van der Waals surface area contributed by atoms with E-state index in [-0.39, 0.29) is 0 Å². The van der Waals surface area contributed by atoms with Crippen molar-refractivity contribution in [3.05, 3.63) is 339 Å². The van der Waals surface area contributed by atoms with E-state index in [0.29, 0.717) is 10.8 Å². The molecule has 0 aliphatic rings. The van der Waals surface area contributed by atoms with Crippen LogP contribution in [0.5, 0.6) is 0 Å². The summed E-state index contributed by atoms with van der Waals surface area (Å²) < 4.78 is 4.46. The van der Waals surface area contributed by atoms with Gasteiger partial charge in [0.05, 0.1) is 56.6 Å². The highest BCUT2D eigenvalue weighted by Gasteiger charge is 2.24. The quantitative estimate of drug-likeness (QED) is 0.127. The zero-order chi connectivity index (χ0) is 63.2. The Morgan fingerprint density at radius 2 is 0.568 bits per heavy atom. The predicted octanol–water partition coefficient (Wildman–Crippen LogP) is 22.2. The van der Waals surface area contributed by atoms with Gasteiger partial charge >= 0.3 is 0 Å². The van der Waals surface area contributed by atoms with Crippen molar-refractivity contribution < 1.29 is 0 Å². The van der Waals surface area contributed by atoms with Crippen molar-refractivity contribution in [1.29, 1.82) is 0 Å². The number of aromatic nitrogens is 8. The molecule has 7 heterocycles. The molecule has 0 aliphatic carbocycles. The molecular formula is C86H55ClN8. The second-order valence-corrected chi connectivity index (χ2v) is 23.9. The molecule has 11 aromatic carbocycles. The topological polar surface area (TPSA) is 86.2 Å². The lowest BCUT2D eigenvalue weighted by Gasteiger charge is -2.13. The summed E-state index contributed by atoms with van der Waals surface area (Å²) in [6, 6.07) is 111. The minimum atomic E-state index is 0.665. The zero-order valence-corrected chi connectivity index (χ0v) is 52.0. The summed E-state index contributed by atoms with van der Waals surface area (Å²) in [6.07, 6.45) is 4.27. The van der Waals surface area contributed by atoms with Crippen molar-refractivity contribution in [2.45, 2.75) is 0 Å². The molecule has 18 rings (SSSR count). The van der Waals surface area contributed by atoms with Crippen LogP contribution in [0.4, 0.5) is 0 Å². The largest absolute Gasteiger partial charge is 0.298 e. The number of halogens is 1. The fourth-order valence-electron chi connectivity index (χ4n) is 13.2. The highest BCUT2D eigenvalue weighted by atomic mass is 35.5. The minimum absolute atomic E-state index is 0.665. The Hall–Kier alpha value is -12.5. The molecule has 95 heavy (non-hydrogen) atoms. The van der Waals surface area contributed by atoms with Gasteiger partial charge in [-0.3, -0.25) is 8.80 Å². The van der Waals surface area contributed by atoms with E-state index in [4.69, 9.17) is 41.5 Å². The van der Waals surface area contributed by atoms with Crippen LogP contribution in [-0.4, -0.2) is 38.7 Å². The predicted molar refractivity (Wildman–Crippen MR) is 391 cm³/mol. The molecule has 0 spiro atoms. The van der Waals surface area contributed by atoms with Crippen LogP contribution in [-0.2, 0) is 0 Å². The molecule has 0 amide bonds. The van der Waals surface area contributed by atoms with Crippen LogP contribution >= 0.6 is 11.6 Å². The Morgan fingerprint density at radius 3 is 1.00 bits per heavy atom. The highest BCUT2D eigenvalue weighted by Crippen LogP contribution is 2.43. The smallest absolute Gasteiger partial charge is 0.160 e. The van der Waals surface area contributed by atoms with Gasteiger partial charge < -0.3 is 0 Å².